The Morgan fingerprint density at radius 2 is 1.91 bits per heavy atom. The number of carbonyl (C=O) groups excluding carboxylic acids is 1. The molecule has 0 aliphatic carbocycles. The van der Waals surface area contributed by atoms with E-state index in [9.17, 15) is 13.6 Å². The van der Waals surface area contributed by atoms with Crippen molar-refractivity contribution < 1.29 is 23.0 Å². The van der Waals surface area contributed by atoms with Crippen LogP contribution in [0.3, 0.4) is 0 Å². The van der Waals surface area contributed by atoms with E-state index in [1.807, 2.05) is 40.1 Å². The Kier molecular flexibility index (Phi) is 7.68. The number of piperazine rings is 1. The number of hydrogen-bond acceptors (Lipinski definition) is 4. The van der Waals surface area contributed by atoms with Gasteiger partial charge in [-0.25, -0.2) is 13.6 Å². The van der Waals surface area contributed by atoms with E-state index in [4.69, 9.17) is 9.47 Å². The van der Waals surface area contributed by atoms with Gasteiger partial charge in [-0.1, -0.05) is 36.4 Å². The molecule has 172 valence electrons. The lowest BCUT2D eigenvalue weighted by Gasteiger charge is -2.40. The van der Waals surface area contributed by atoms with Crippen LogP contribution in [0.15, 0.2) is 48.5 Å². The molecule has 0 bridgehead atoms. The first-order chi connectivity index (χ1) is 15.6. The Morgan fingerprint density at radius 1 is 1.12 bits per heavy atom. The van der Waals surface area contributed by atoms with Crippen molar-refractivity contribution >= 4 is 6.03 Å². The molecule has 2 fully saturated rings. The maximum Gasteiger partial charge on any atom is 0.320 e. The summed E-state index contributed by atoms with van der Waals surface area (Å²) in [5.41, 5.74) is 1.07. The smallest absolute Gasteiger partial charge is 0.320 e. The topological polar surface area (TPSA) is 54.0 Å². The highest BCUT2D eigenvalue weighted by Gasteiger charge is 2.31. The van der Waals surface area contributed by atoms with Crippen LogP contribution in [0.4, 0.5) is 13.6 Å². The highest BCUT2D eigenvalue weighted by Crippen LogP contribution is 2.29. The van der Waals surface area contributed by atoms with Gasteiger partial charge in [-0.3, -0.25) is 0 Å². The average molecular weight is 446 g/mol. The number of morpholine rings is 1. The summed E-state index contributed by atoms with van der Waals surface area (Å²) in [5, 5.41) is 3.26. The van der Waals surface area contributed by atoms with Gasteiger partial charge in [0.1, 0.15) is 17.7 Å². The Balaban J connectivity index is 1.43. The van der Waals surface area contributed by atoms with Crippen molar-refractivity contribution in [3.8, 4) is 0 Å². The number of benzene rings is 2. The van der Waals surface area contributed by atoms with Gasteiger partial charge in [0.25, 0.3) is 0 Å². The molecule has 2 aliphatic heterocycles. The van der Waals surface area contributed by atoms with E-state index in [1.54, 1.807) is 0 Å². The zero-order chi connectivity index (χ0) is 22.3. The molecular weight excluding hydrogens is 416 g/mol. The number of ether oxygens (including phenoxy) is 2. The molecule has 0 radical (unpaired) electrons. The van der Waals surface area contributed by atoms with Crippen molar-refractivity contribution in [2.75, 3.05) is 52.5 Å². The molecule has 2 aromatic rings. The van der Waals surface area contributed by atoms with E-state index in [0.717, 1.165) is 24.7 Å². The predicted molar refractivity (Wildman–Crippen MR) is 116 cm³/mol. The second-order valence-corrected chi connectivity index (χ2v) is 8.06. The molecule has 2 amide bonds. The minimum Gasteiger partial charge on any atom is -0.377 e. The molecule has 2 atom stereocenters. The molecule has 0 spiro atoms. The van der Waals surface area contributed by atoms with E-state index in [1.165, 1.54) is 12.1 Å². The zero-order valence-electron chi connectivity index (χ0n) is 18.0. The van der Waals surface area contributed by atoms with Gasteiger partial charge in [-0.2, -0.15) is 0 Å². The summed E-state index contributed by atoms with van der Waals surface area (Å²) < 4.78 is 39.7. The van der Waals surface area contributed by atoms with E-state index < -0.39 is 17.7 Å². The fourth-order valence-corrected chi connectivity index (χ4v) is 4.21. The van der Waals surface area contributed by atoms with Gasteiger partial charge in [0.05, 0.1) is 19.3 Å². The fourth-order valence-electron chi connectivity index (χ4n) is 4.21. The quantitative estimate of drug-likeness (QED) is 0.742. The number of urea groups is 1. The highest BCUT2D eigenvalue weighted by atomic mass is 19.1. The maximum atomic E-state index is 14.5. The maximum absolute atomic E-state index is 14.5. The lowest BCUT2D eigenvalue weighted by Crippen LogP contribution is -2.57. The van der Waals surface area contributed by atoms with Gasteiger partial charge in [-0.05, 0) is 18.1 Å². The fraction of sp³-hybridized carbons (Fsp3) is 0.458. The number of nitrogens with zero attached hydrogens (tertiary/aromatic N) is 2. The second kappa shape index (κ2) is 10.8. The van der Waals surface area contributed by atoms with Gasteiger partial charge >= 0.3 is 6.03 Å². The van der Waals surface area contributed by atoms with Gasteiger partial charge in [-0.15, -0.1) is 0 Å². The molecule has 2 aromatic carbocycles. The van der Waals surface area contributed by atoms with Crippen LogP contribution in [-0.4, -0.2) is 74.4 Å². The molecule has 6 nitrogen and oxygen atoms in total. The van der Waals surface area contributed by atoms with Crippen molar-refractivity contribution in [1.82, 2.24) is 15.1 Å². The zero-order valence-corrected chi connectivity index (χ0v) is 18.0. The Labute approximate surface area is 187 Å². The standard InChI is InChI=1S/C24H29F2N3O3/c25-19-6-7-21(22(26)16-19)23(18-4-2-1-3-5-18)32-14-8-20-17-31-15-13-29(20)24(30)28-11-9-27-10-12-28/h1-7,16,20,23,27H,8-15,17H2. The largest absolute Gasteiger partial charge is 0.377 e. The molecule has 32 heavy (non-hydrogen) atoms. The van der Waals surface area contributed by atoms with Crippen LogP contribution in [0.2, 0.25) is 0 Å². The molecule has 1 N–H and O–H groups in total. The predicted octanol–water partition coefficient (Wildman–Crippen LogP) is 3.19. The van der Waals surface area contributed by atoms with Crippen LogP contribution in [0.25, 0.3) is 0 Å². The molecule has 0 aromatic heterocycles. The monoisotopic (exact) mass is 445 g/mol. The Bertz CT molecular complexity index is 893. The van der Waals surface area contributed by atoms with Crippen LogP contribution in [0.5, 0.6) is 0 Å². The van der Waals surface area contributed by atoms with Crippen LogP contribution >= 0.6 is 0 Å². The average Bonchev–Trinajstić information content (AvgIpc) is 2.83. The summed E-state index contributed by atoms with van der Waals surface area (Å²) in [4.78, 5) is 16.8. The molecule has 4 rings (SSSR count). The van der Waals surface area contributed by atoms with E-state index in [-0.39, 0.29) is 17.6 Å². The molecule has 2 heterocycles. The molecule has 2 saturated heterocycles. The molecule has 0 saturated carbocycles. The number of rotatable bonds is 6. The van der Waals surface area contributed by atoms with Crippen molar-refractivity contribution in [3.05, 3.63) is 71.3 Å². The van der Waals surface area contributed by atoms with E-state index >= 15 is 0 Å². The van der Waals surface area contributed by atoms with Gasteiger partial charge < -0.3 is 24.6 Å². The summed E-state index contributed by atoms with van der Waals surface area (Å²) in [6.07, 6.45) is -0.108. The number of carbonyl (C=O) groups is 1. The van der Waals surface area contributed by atoms with Gasteiger partial charge in [0, 0.05) is 51.0 Å². The number of amides is 2. The minimum absolute atomic E-state index is 0.0315. The van der Waals surface area contributed by atoms with Crippen LogP contribution in [0.1, 0.15) is 23.7 Å². The molecule has 2 unspecified atom stereocenters. The van der Waals surface area contributed by atoms with Crippen molar-refractivity contribution in [2.45, 2.75) is 18.6 Å². The summed E-state index contributed by atoms with van der Waals surface area (Å²) >= 11 is 0. The Morgan fingerprint density at radius 3 is 2.66 bits per heavy atom. The third kappa shape index (κ3) is 5.43. The second-order valence-electron chi connectivity index (χ2n) is 8.06. The van der Waals surface area contributed by atoms with Crippen LogP contribution in [0, 0.1) is 11.6 Å². The molecule has 2 aliphatic rings. The lowest BCUT2D eigenvalue weighted by atomic mass is 10.0. The normalized spacial score (nSPS) is 20.2. The van der Waals surface area contributed by atoms with Crippen molar-refractivity contribution in [2.24, 2.45) is 0 Å². The van der Waals surface area contributed by atoms with Gasteiger partial charge in [0.15, 0.2) is 0 Å². The lowest BCUT2D eigenvalue weighted by molar-refractivity contribution is -0.0153. The first-order valence-corrected chi connectivity index (χ1v) is 11.1. The number of hydrogen-bond donors (Lipinski definition) is 1. The number of nitrogens with one attached hydrogen (secondary N) is 1. The third-order valence-corrected chi connectivity index (χ3v) is 5.94. The first kappa shape index (κ1) is 22.6. The third-order valence-electron chi connectivity index (χ3n) is 5.94. The summed E-state index contributed by atoms with van der Waals surface area (Å²) in [6, 6.07) is 12.8. The van der Waals surface area contributed by atoms with Crippen molar-refractivity contribution in [3.63, 3.8) is 0 Å². The highest BCUT2D eigenvalue weighted by molar-refractivity contribution is 5.75. The van der Waals surface area contributed by atoms with Crippen LogP contribution in [-0.2, 0) is 9.47 Å². The molecular formula is C24H29F2N3O3. The van der Waals surface area contributed by atoms with E-state index in [2.05, 4.69) is 5.32 Å². The molecule has 8 heteroatoms. The SMILES string of the molecule is O=C(N1CCNCC1)N1CCOCC1CCOC(c1ccccc1)c1ccc(F)cc1F. The van der Waals surface area contributed by atoms with Crippen LogP contribution < -0.4 is 5.32 Å². The number of halogens is 2. The summed E-state index contributed by atoms with van der Waals surface area (Å²) in [6.45, 7) is 4.79. The van der Waals surface area contributed by atoms with Gasteiger partial charge in [0.2, 0.25) is 0 Å². The summed E-state index contributed by atoms with van der Waals surface area (Å²) in [5.74, 6) is -1.27. The van der Waals surface area contributed by atoms with E-state index in [0.29, 0.717) is 45.9 Å². The first-order valence-electron chi connectivity index (χ1n) is 11.1. The Hall–Kier alpha value is -2.55. The van der Waals surface area contributed by atoms with Crippen molar-refractivity contribution in [1.29, 1.82) is 0 Å². The minimum atomic E-state index is -0.668. The summed E-state index contributed by atoms with van der Waals surface area (Å²) in [7, 11) is 0.